The average Bonchev–Trinajstić information content (AvgIpc) is 2.78. The van der Waals surface area contributed by atoms with Gasteiger partial charge >= 0.3 is 5.97 Å². The predicted molar refractivity (Wildman–Crippen MR) is 79.5 cm³/mol. The third-order valence-corrected chi connectivity index (χ3v) is 3.84. The van der Waals surface area contributed by atoms with E-state index in [-0.39, 0.29) is 30.5 Å². The third-order valence-electron chi connectivity index (χ3n) is 3.84. The van der Waals surface area contributed by atoms with Gasteiger partial charge in [-0.15, -0.1) is 0 Å². The minimum Gasteiger partial charge on any atom is -0.469 e. The highest BCUT2D eigenvalue weighted by Crippen LogP contribution is 2.16. The standard InChI is InChI=1S/C16H22N2O3/c1-12-17-14(9-8-13-6-4-3-5-7-13)16(20)18(12)11-10-15(19)21-2/h3-7,12,14,17H,8-11H2,1-2H3. The molecule has 2 unspecified atom stereocenters. The van der Waals surface area contributed by atoms with Crippen LogP contribution in [0.15, 0.2) is 30.3 Å². The van der Waals surface area contributed by atoms with Crippen LogP contribution in [0, 0.1) is 0 Å². The molecule has 1 saturated heterocycles. The molecule has 5 heteroatoms. The van der Waals surface area contributed by atoms with Gasteiger partial charge in [0.25, 0.3) is 0 Å². The molecule has 21 heavy (non-hydrogen) atoms. The second-order valence-electron chi connectivity index (χ2n) is 5.28. The number of carbonyl (C=O) groups excluding carboxylic acids is 2. The zero-order valence-electron chi connectivity index (χ0n) is 12.5. The summed E-state index contributed by atoms with van der Waals surface area (Å²) in [7, 11) is 1.36. The minimum atomic E-state index is -0.289. The largest absolute Gasteiger partial charge is 0.469 e. The van der Waals surface area contributed by atoms with E-state index < -0.39 is 0 Å². The summed E-state index contributed by atoms with van der Waals surface area (Å²) >= 11 is 0. The predicted octanol–water partition coefficient (Wildman–Crippen LogP) is 1.33. The summed E-state index contributed by atoms with van der Waals surface area (Å²) in [5.74, 6) is -0.218. The Morgan fingerprint density at radius 2 is 2.05 bits per heavy atom. The first-order valence-corrected chi connectivity index (χ1v) is 7.29. The molecule has 0 aliphatic carbocycles. The molecule has 1 heterocycles. The van der Waals surface area contributed by atoms with Gasteiger partial charge in [0, 0.05) is 6.54 Å². The van der Waals surface area contributed by atoms with Crippen LogP contribution in [0.25, 0.3) is 0 Å². The maximum absolute atomic E-state index is 12.3. The third kappa shape index (κ3) is 4.04. The van der Waals surface area contributed by atoms with Crippen molar-refractivity contribution in [2.45, 2.75) is 38.4 Å². The Bertz CT molecular complexity index is 490. The Balaban J connectivity index is 1.85. The molecule has 1 fully saturated rings. The SMILES string of the molecule is COC(=O)CCN1C(=O)C(CCc2ccccc2)NC1C. The van der Waals surface area contributed by atoms with Crippen molar-refractivity contribution in [3.05, 3.63) is 35.9 Å². The van der Waals surface area contributed by atoms with Crippen LogP contribution in [-0.2, 0) is 20.7 Å². The summed E-state index contributed by atoms with van der Waals surface area (Å²) in [5.41, 5.74) is 1.23. The van der Waals surface area contributed by atoms with Gasteiger partial charge in [-0.2, -0.15) is 0 Å². The van der Waals surface area contributed by atoms with Crippen LogP contribution in [0.3, 0.4) is 0 Å². The lowest BCUT2D eigenvalue weighted by Crippen LogP contribution is -2.36. The smallest absolute Gasteiger partial charge is 0.307 e. The van der Waals surface area contributed by atoms with E-state index in [1.807, 2.05) is 25.1 Å². The first kappa shape index (κ1) is 15.5. The molecule has 1 amide bonds. The van der Waals surface area contributed by atoms with Gasteiger partial charge in [0.1, 0.15) is 0 Å². The van der Waals surface area contributed by atoms with Crippen LogP contribution in [0.1, 0.15) is 25.3 Å². The fraction of sp³-hybridized carbons (Fsp3) is 0.500. The number of nitrogens with one attached hydrogen (secondary N) is 1. The van der Waals surface area contributed by atoms with E-state index >= 15 is 0 Å². The summed E-state index contributed by atoms with van der Waals surface area (Å²) < 4.78 is 4.62. The van der Waals surface area contributed by atoms with E-state index in [0.717, 1.165) is 12.8 Å². The number of esters is 1. The van der Waals surface area contributed by atoms with Gasteiger partial charge in [0.15, 0.2) is 0 Å². The molecule has 0 radical (unpaired) electrons. The van der Waals surface area contributed by atoms with Crippen LogP contribution >= 0.6 is 0 Å². The van der Waals surface area contributed by atoms with Gasteiger partial charge in [-0.3, -0.25) is 14.9 Å². The van der Waals surface area contributed by atoms with Gasteiger partial charge in [0.05, 0.1) is 25.7 Å². The number of hydrogen-bond acceptors (Lipinski definition) is 4. The lowest BCUT2D eigenvalue weighted by molar-refractivity contribution is -0.141. The number of hydrogen-bond donors (Lipinski definition) is 1. The number of carbonyl (C=O) groups is 2. The van der Waals surface area contributed by atoms with E-state index in [1.54, 1.807) is 4.90 Å². The number of ether oxygens (including phenoxy) is 1. The van der Waals surface area contributed by atoms with E-state index in [0.29, 0.717) is 6.54 Å². The molecule has 1 aliphatic rings. The summed E-state index contributed by atoms with van der Waals surface area (Å²) in [5, 5.41) is 3.29. The summed E-state index contributed by atoms with van der Waals surface area (Å²) in [6.07, 6.45) is 1.83. The molecular weight excluding hydrogens is 268 g/mol. The molecule has 1 aromatic rings. The summed E-state index contributed by atoms with van der Waals surface area (Å²) in [4.78, 5) is 25.3. The number of amides is 1. The summed E-state index contributed by atoms with van der Waals surface area (Å²) in [6, 6.07) is 9.96. The maximum Gasteiger partial charge on any atom is 0.307 e. The molecule has 0 bridgehead atoms. The number of methoxy groups -OCH3 is 1. The van der Waals surface area contributed by atoms with Gasteiger partial charge in [0.2, 0.25) is 5.91 Å². The molecule has 114 valence electrons. The molecule has 1 aromatic carbocycles. The van der Waals surface area contributed by atoms with Crippen molar-refractivity contribution in [3.63, 3.8) is 0 Å². The fourth-order valence-electron chi connectivity index (χ4n) is 2.62. The highest BCUT2D eigenvalue weighted by molar-refractivity contribution is 5.84. The Kier molecular flexibility index (Phi) is 5.33. The molecular formula is C16H22N2O3. The Morgan fingerprint density at radius 3 is 2.71 bits per heavy atom. The molecule has 0 spiro atoms. The summed E-state index contributed by atoms with van der Waals surface area (Å²) in [6.45, 7) is 2.35. The van der Waals surface area contributed by atoms with E-state index in [9.17, 15) is 9.59 Å². The zero-order valence-corrected chi connectivity index (χ0v) is 12.5. The highest BCUT2D eigenvalue weighted by Gasteiger charge is 2.35. The van der Waals surface area contributed by atoms with Crippen LogP contribution in [-0.4, -0.2) is 42.6 Å². The van der Waals surface area contributed by atoms with Crippen LogP contribution in [0.5, 0.6) is 0 Å². The molecule has 1 aliphatic heterocycles. The lowest BCUT2D eigenvalue weighted by Gasteiger charge is -2.19. The molecule has 5 nitrogen and oxygen atoms in total. The maximum atomic E-state index is 12.3. The second kappa shape index (κ2) is 7.22. The van der Waals surface area contributed by atoms with Crippen molar-refractivity contribution >= 4 is 11.9 Å². The van der Waals surface area contributed by atoms with Gasteiger partial charge in [-0.05, 0) is 25.3 Å². The van der Waals surface area contributed by atoms with E-state index in [2.05, 4.69) is 22.2 Å². The second-order valence-corrected chi connectivity index (χ2v) is 5.28. The topological polar surface area (TPSA) is 58.6 Å². The average molecular weight is 290 g/mol. The number of aryl methyl sites for hydroxylation is 1. The Morgan fingerprint density at radius 1 is 1.33 bits per heavy atom. The van der Waals surface area contributed by atoms with E-state index in [4.69, 9.17) is 0 Å². The van der Waals surface area contributed by atoms with Crippen molar-refractivity contribution in [2.24, 2.45) is 0 Å². The monoisotopic (exact) mass is 290 g/mol. The van der Waals surface area contributed by atoms with Crippen LogP contribution in [0.4, 0.5) is 0 Å². The number of rotatable bonds is 6. The molecule has 2 rings (SSSR count). The van der Waals surface area contributed by atoms with Crippen molar-refractivity contribution < 1.29 is 14.3 Å². The number of nitrogens with zero attached hydrogens (tertiary/aromatic N) is 1. The van der Waals surface area contributed by atoms with Crippen LogP contribution < -0.4 is 5.32 Å². The molecule has 0 saturated carbocycles. The number of benzene rings is 1. The lowest BCUT2D eigenvalue weighted by atomic mass is 10.1. The first-order valence-electron chi connectivity index (χ1n) is 7.29. The molecule has 1 N–H and O–H groups in total. The Hall–Kier alpha value is -1.88. The fourth-order valence-corrected chi connectivity index (χ4v) is 2.62. The first-order chi connectivity index (χ1) is 10.1. The van der Waals surface area contributed by atoms with Crippen molar-refractivity contribution in [2.75, 3.05) is 13.7 Å². The quantitative estimate of drug-likeness (QED) is 0.803. The van der Waals surface area contributed by atoms with E-state index in [1.165, 1.54) is 12.7 Å². The Labute approximate surface area is 125 Å². The van der Waals surface area contributed by atoms with Gasteiger partial charge < -0.3 is 9.64 Å². The zero-order chi connectivity index (χ0) is 15.2. The van der Waals surface area contributed by atoms with Crippen molar-refractivity contribution in [1.82, 2.24) is 10.2 Å². The minimum absolute atomic E-state index is 0.0390. The van der Waals surface area contributed by atoms with Crippen molar-refractivity contribution in [3.8, 4) is 0 Å². The molecule has 2 atom stereocenters. The van der Waals surface area contributed by atoms with Crippen LogP contribution in [0.2, 0.25) is 0 Å². The normalized spacial score (nSPS) is 21.6. The highest BCUT2D eigenvalue weighted by atomic mass is 16.5. The van der Waals surface area contributed by atoms with Gasteiger partial charge in [-0.1, -0.05) is 30.3 Å². The van der Waals surface area contributed by atoms with Gasteiger partial charge in [-0.25, -0.2) is 0 Å². The molecule has 0 aromatic heterocycles. The van der Waals surface area contributed by atoms with Crippen molar-refractivity contribution in [1.29, 1.82) is 0 Å².